The Hall–Kier alpha value is -2.01. The second-order valence-electron chi connectivity index (χ2n) is 4.33. The molecule has 0 fully saturated rings. The van der Waals surface area contributed by atoms with Gasteiger partial charge in [-0.1, -0.05) is 6.92 Å². The minimum absolute atomic E-state index is 0.00738. The van der Waals surface area contributed by atoms with Gasteiger partial charge in [0, 0.05) is 18.8 Å². The van der Waals surface area contributed by atoms with Crippen molar-refractivity contribution in [2.75, 3.05) is 5.32 Å². The molecule has 0 atom stereocenters. The fraction of sp³-hybridized carbons (Fsp3) is 0.357. The predicted octanol–water partition coefficient (Wildman–Crippen LogP) is 1.96. The van der Waals surface area contributed by atoms with Crippen LogP contribution in [0.5, 0.6) is 0 Å². The minimum atomic E-state index is -0.0959. The zero-order valence-corrected chi connectivity index (χ0v) is 10.9. The molecule has 19 heavy (non-hydrogen) atoms. The maximum absolute atomic E-state index is 11.6. The molecule has 0 aliphatic heterocycles. The molecule has 0 radical (unpaired) electrons. The number of pyridine rings is 1. The summed E-state index contributed by atoms with van der Waals surface area (Å²) in [4.78, 5) is 11.6. The van der Waals surface area contributed by atoms with E-state index >= 15 is 0 Å². The number of aromatic nitrogens is 1. The normalized spacial score (nSPS) is 10.6. The van der Waals surface area contributed by atoms with Gasteiger partial charge in [-0.3, -0.25) is 4.79 Å². The SMILES string of the molecule is CCCn1cc(NCc2ccc(CO)o2)ccc1=O. The van der Waals surface area contributed by atoms with Crippen LogP contribution >= 0.6 is 0 Å². The zero-order chi connectivity index (χ0) is 13.7. The number of furan rings is 1. The molecule has 0 saturated carbocycles. The first kappa shape index (κ1) is 13.4. The Labute approximate surface area is 111 Å². The third-order valence-electron chi connectivity index (χ3n) is 2.79. The second-order valence-corrected chi connectivity index (χ2v) is 4.33. The van der Waals surface area contributed by atoms with Crippen molar-refractivity contribution >= 4 is 5.69 Å². The van der Waals surface area contributed by atoms with Crippen LogP contribution in [0.1, 0.15) is 24.9 Å². The summed E-state index contributed by atoms with van der Waals surface area (Å²) < 4.78 is 7.06. The first-order valence-electron chi connectivity index (χ1n) is 6.35. The topological polar surface area (TPSA) is 67.4 Å². The Morgan fingerprint density at radius 2 is 2.05 bits per heavy atom. The van der Waals surface area contributed by atoms with Crippen molar-refractivity contribution in [3.8, 4) is 0 Å². The average Bonchev–Trinajstić information content (AvgIpc) is 2.88. The van der Waals surface area contributed by atoms with E-state index in [2.05, 4.69) is 5.32 Å². The third kappa shape index (κ3) is 3.48. The van der Waals surface area contributed by atoms with Gasteiger partial charge in [0.15, 0.2) is 0 Å². The Morgan fingerprint density at radius 3 is 2.74 bits per heavy atom. The molecule has 2 N–H and O–H groups in total. The van der Waals surface area contributed by atoms with Crippen LogP contribution < -0.4 is 10.9 Å². The van der Waals surface area contributed by atoms with Crippen LogP contribution in [0.25, 0.3) is 0 Å². The molecule has 0 spiro atoms. The summed E-state index contributed by atoms with van der Waals surface area (Å²) in [5.74, 6) is 1.30. The number of nitrogens with one attached hydrogen (secondary N) is 1. The van der Waals surface area contributed by atoms with Crippen molar-refractivity contribution in [2.24, 2.45) is 0 Å². The molecule has 0 aliphatic carbocycles. The molecule has 0 saturated heterocycles. The summed E-state index contributed by atoms with van der Waals surface area (Å²) in [6, 6.07) is 6.87. The van der Waals surface area contributed by atoms with E-state index in [-0.39, 0.29) is 12.2 Å². The summed E-state index contributed by atoms with van der Waals surface area (Å²) in [5, 5.41) is 12.1. The quantitative estimate of drug-likeness (QED) is 0.835. The molecule has 5 heteroatoms. The van der Waals surface area contributed by atoms with Crippen LogP contribution in [0.3, 0.4) is 0 Å². The van der Waals surface area contributed by atoms with Crippen molar-refractivity contribution in [1.82, 2.24) is 4.57 Å². The largest absolute Gasteiger partial charge is 0.462 e. The van der Waals surface area contributed by atoms with Crippen LogP contribution in [0.15, 0.2) is 39.7 Å². The van der Waals surface area contributed by atoms with Gasteiger partial charge in [-0.25, -0.2) is 0 Å². The lowest BCUT2D eigenvalue weighted by molar-refractivity contribution is 0.244. The first-order valence-corrected chi connectivity index (χ1v) is 6.35. The Kier molecular flexibility index (Phi) is 4.41. The van der Waals surface area contributed by atoms with Crippen molar-refractivity contribution in [2.45, 2.75) is 33.0 Å². The molecular weight excluding hydrogens is 244 g/mol. The number of hydrogen-bond acceptors (Lipinski definition) is 4. The van der Waals surface area contributed by atoms with E-state index in [4.69, 9.17) is 9.52 Å². The van der Waals surface area contributed by atoms with Crippen molar-refractivity contribution in [1.29, 1.82) is 0 Å². The molecule has 0 bridgehead atoms. The van der Waals surface area contributed by atoms with Gasteiger partial charge >= 0.3 is 0 Å². The highest BCUT2D eigenvalue weighted by atomic mass is 16.4. The summed E-state index contributed by atoms with van der Waals surface area (Å²) in [7, 11) is 0. The highest BCUT2D eigenvalue weighted by Crippen LogP contribution is 2.11. The predicted molar refractivity (Wildman–Crippen MR) is 73.0 cm³/mol. The third-order valence-corrected chi connectivity index (χ3v) is 2.79. The lowest BCUT2D eigenvalue weighted by atomic mass is 10.3. The van der Waals surface area contributed by atoms with Crippen molar-refractivity contribution in [3.05, 3.63) is 52.3 Å². The van der Waals surface area contributed by atoms with Crippen molar-refractivity contribution in [3.63, 3.8) is 0 Å². The molecule has 2 aromatic rings. The van der Waals surface area contributed by atoms with E-state index in [0.29, 0.717) is 18.8 Å². The molecule has 0 aliphatic rings. The van der Waals surface area contributed by atoms with Crippen LogP contribution in [0, 0.1) is 0 Å². The smallest absolute Gasteiger partial charge is 0.250 e. The molecule has 102 valence electrons. The first-order chi connectivity index (χ1) is 9.22. The monoisotopic (exact) mass is 262 g/mol. The number of anilines is 1. The Bertz CT molecular complexity index is 586. The molecule has 2 aromatic heterocycles. The number of aliphatic hydroxyl groups excluding tert-OH is 1. The number of nitrogens with zero attached hydrogens (tertiary/aromatic N) is 1. The molecule has 0 unspecified atom stereocenters. The van der Waals surface area contributed by atoms with Gasteiger partial charge < -0.3 is 19.4 Å². The van der Waals surface area contributed by atoms with Gasteiger partial charge in [-0.15, -0.1) is 0 Å². The fourth-order valence-corrected chi connectivity index (χ4v) is 1.84. The van der Waals surface area contributed by atoms with E-state index in [9.17, 15) is 4.79 Å². The summed E-state index contributed by atoms with van der Waals surface area (Å²) in [5.41, 5.74) is 0.878. The average molecular weight is 262 g/mol. The number of aryl methyl sites for hydroxylation is 1. The maximum atomic E-state index is 11.6. The fourth-order valence-electron chi connectivity index (χ4n) is 1.84. The van der Waals surface area contributed by atoms with Gasteiger partial charge in [0.25, 0.3) is 5.56 Å². The number of hydrogen-bond donors (Lipinski definition) is 2. The van der Waals surface area contributed by atoms with E-state index < -0.39 is 0 Å². The van der Waals surface area contributed by atoms with E-state index in [1.165, 1.54) is 0 Å². The van der Waals surface area contributed by atoms with E-state index in [1.807, 2.05) is 19.2 Å². The molecule has 2 heterocycles. The second kappa shape index (κ2) is 6.24. The summed E-state index contributed by atoms with van der Waals surface area (Å²) in [6.45, 7) is 3.17. The molecule has 2 rings (SSSR count). The summed E-state index contributed by atoms with van der Waals surface area (Å²) >= 11 is 0. The standard InChI is InChI=1S/C14H18N2O3/c1-2-7-16-9-11(3-6-14(16)18)15-8-12-4-5-13(10-17)19-12/h3-6,9,15,17H,2,7-8,10H2,1H3. The highest BCUT2D eigenvalue weighted by Gasteiger charge is 2.02. The number of rotatable bonds is 6. The lowest BCUT2D eigenvalue weighted by Crippen LogP contribution is -2.18. The van der Waals surface area contributed by atoms with Gasteiger partial charge in [-0.2, -0.15) is 0 Å². The van der Waals surface area contributed by atoms with Gasteiger partial charge in [0.05, 0.1) is 12.2 Å². The van der Waals surface area contributed by atoms with Gasteiger partial charge in [0.1, 0.15) is 18.1 Å². The summed E-state index contributed by atoms with van der Waals surface area (Å²) in [6.07, 6.45) is 2.73. The van der Waals surface area contributed by atoms with Crippen molar-refractivity contribution < 1.29 is 9.52 Å². The minimum Gasteiger partial charge on any atom is -0.462 e. The van der Waals surface area contributed by atoms with Crippen LogP contribution in [-0.4, -0.2) is 9.67 Å². The van der Waals surface area contributed by atoms with Crippen LogP contribution in [0.4, 0.5) is 5.69 Å². The zero-order valence-electron chi connectivity index (χ0n) is 10.9. The lowest BCUT2D eigenvalue weighted by Gasteiger charge is -2.08. The van der Waals surface area contributed by atoms with Gasteiger partial charge in [0.2, 0.25) is 0 Å². The molecule has 0 aromatic carbocycles. The van der Waals surface area contributed by atoms with E-state index in [1.54, 1.807) is 22.8 Å². The molecular formula is C14H18N2O3. The van der Waals surface area contributed by atoms with E-state index in [0.717, 1.165) is 17.9 Å². The van der Waals surface area contributed by atoms with Crippen LogP contribution in [-0.2, 0) is 19.7 Å². The Balaban J connectivity index is 2.02. The van der Waals surface area contributed by atoms with Gasteiger partial charge in [-0.05, 0) is 24.6 Å². The highest BCUT2D eigenvalue weighted by molar-refractivity contribution is 5.40. The molecule has 0 amide bonds. The van der Waals surface area contributed by atoms with Crippen LogP contribution in [0.2, 0.25) is 0 Å². The number of aliphatic hydroxyl groups is 1. The Morgan fingerprint density at radius 1 is 1.26 bits per heavy atom. The molecule has 5 nitrogen and oxygen atoms in total. The maximum Gasteiger partial charge on any atom is 0.250 e.